The van der Waals surface area contributed by atoms with Crippen LogP contribution in [0.1, 0.15) is 11.3 Å². The number of carbonyl (C=O) groups is 1. The van der Waals surface area contributed by atoms with Gasteiger partial charge in [0.25, 0.3) is 0 Å². The van der Waals surface area contributed by atoms with E-state index < -0.39 is 0 Å². The standard InChI is InChI=1S/C22H19ClN4O/c1-14-6-7-16(13-19(14)23)25-22(28)26-20-4-3-5-21-18(20)12-15(2)27(21)17-8-10-24-11-9-17/h3-13H,1-2H3,(H2,25,26,28). The van der Waals surface area contributed by atoms with Crippen LogP contribution in [-0.4, -0.2) is 15.6 Å². The zero-order chi connectivity index (χ0) is 19.7. The van der Waals surface area contributed by atoms with Crippen LogP contribution in [0, 0.1) is 13.8 Å². The number of nitrogens with one attached hydrogen (secondary N) is 2. The van der Waals surface area contributed by atoms with E-state index in [9.17, 15) is 4.79 Å². The second-order valence-corrected chi connectivity index (χ2v) is 7.02. The molecule has 4 aromatic rings. The first kappa shape index (κ1) is 18.1. The van der Waals surface area contributed by atoms with Gasteiger partial charge in [0.2, 0.25) is 0 Å². The molecule has 0 saturated heterocycles. The fourth-order valence-corrected chi connectivity index (χ4v) is 3.44. The van der Waals surface area contributed by atoms with Gasteiger partial charge in [-0.1, -0.05) is 23.7 Å². The van der Waals surface area contributed by atoms with Gasteiger partial charge in [0.05, 0.1) is 11.2 Å². The van der Waals surface area contributed by atoms with Crippen LogP contribution in [0.3, 0.4) is 0 Å². The third-order valence-electron chi connectivity index (χ3n) is 4.63. The summed E-state index contributed by atoms with van der Waals surface area (Å²) in [6.45, 7) is 3.96. The lowest BCUT2D eigenvalue weighted by Crippen LogP contribution is -2.19. The maximum atomic E-state index is 12.5. The average Bonchev–Trinajstić information content (AvgIpc) is 3.02. The Labute approximate surface area is 168 Å². The number of benzene rings is 2. The molecule has 4 rings (SSSR count). The van der Waals surface area contributed by atoms with E-state index in [1.807, 2.05) is 56.3 Å². The number of anilines is 2. The molecule has 2 heterocycles. The Balaban J connectivity index is 1.64. The molecule has 0 aliphatic rings. The lowest BCUT2D eigenvalue weighted by atomic mass is 10.2. The quantitative estimate of drug-likeness (QED) is 0.454. The topological polar surface area (TPSA) is 59.0 Å². The van der Waals surface area contributed by atoms with E-state index in [4.69, 9.17) is 11.6 Å². The van der Waals surface area contributed by atoms with Gasteiger partial charge in [0.1, 0.15) is 0 Å². The number of nitrogens with zero attached hydrogens (tertiary/aromatic N) is 2. The van der Waals surface area contributed by atoms with E-state index in [0.717, 1.165) is 33.5 Å². The van der Waals surface area contributed by atoms with Gasteiger partial charge in [-0.15, -0.1) is 0 Å². The Morgan fingerprint density at radius 2 is 1.79 bits per heavy atom. The summed E-state index contributed by atoms with van der Waals surface area (Å²) in [5.74, 6) is 0. The van der Waals surface area contributed by atoms with Crippen molar-refractivity contribution in [2.45, 2.75) is 13.8 Å². The second kappa shape index (κ2) is 7.37. The second-order valence-electron chi connectivity index (χ2n) is 6.61. The van der Waals surface area contributed by atoms with Gasteiger partial charge in [-0.2, -0.15) is 0 Å². The summed E-state index contributed by atoms with van der Waals surface area (Å²) in [4.78, 5) is 16.6. The van der Waals surface area contributed by atoms with Crippen LogP contribution in [-0.2, 0) is 0 Å². The predicted molar refractivity (Wildman–Crippen MR) is 115 cm³/mol. The van der Waals surface area contributed by atoms with Crippen LogP contribution < -0.4 is 10.6 Å². The number of rotatable bonds is 3. The number of hydrogen-bond donors (Lipinski definition) is 2. The highest BCUT2D eigenvalue weighted by atomic mass is 35.5. The highest BCUT2D eigenvalue weighted by Gasteiger charge is 2.12. The zero-order valence-electron chi connectivity index (χ0n) is 15.5. The van der Waals surface area contributed by atoms with Crippen LogP contribution in [0.4, 0.5) is 16.2 Å². The van der Waals surface area contributed by atoms with Gasteiger partial charge in [0, 0.05) is 39.9 Å². The minimum Gasteiger partial charge on any atom is -0.314 e. The molecule has 2 amide bonds. The average molecular weight is 391 g/mol. The lowest BCUT2D eigenvalue weighted by molar-refractivity contribution is 0.262. The monoisotopic (exact) mass is 390 g/mol. The van der Waals surface area contributed by atoms with E-state index in [-0.39, 0.29) is 6.03 Å². The molecule has 28 heavy (non-hydrogen) atoms. The van der Waals surface area contributed by atoms with Crippen molar-refractivity contribution < 1.29 is 4.79 Å². The van der Waals surface area contributed by atoms with Crippen LogP contribution in [0.2, 0.25) is 5.02 Å². The Hall–Kier alpha value is -3.31. The van der Waals surface area contributed by atoms with Gasteiger partial charge in [0.15, 0.2) is 0 Å². The predicted octanol–water partition coefficient (Wildman–Crippen LogP) is 5.94. The SMILES string of the molecule is Cc1ccc(NC(=O)Nc2cccc3c2cc(C)n3-c2ccncc2)cc1Cl. The number of amides is 2. The number of aromatic nitrogens is 2. The van der Waals surface area contributed by atoms with Crippen molar-refractivity contribution in [2.24, 2.45) is 0 Å². The van der Waals surface area contributed by atoms with E-state index in [1.165, 1.54) is 0 Å². The minimum absolute atomic E-state index is 0.318. The molecule has 0 fully saturated rings. The van der Waals surface area contributed by atoms with Crippen LogP contribution in [0.15, 0.2) is 67.0 Å². The molecule has 0 unspecified atom stereocenters. The summed E-state index contributed by atoms with van der Waals surface area (Å²) in [7, 11) is 0. The molecule has 0 aliphatic carbocycles. The maximum Gasteiger partial charge on any atom is 0.323 e. The van der Waals surface area contributed by atoms with Crippen LogP contribution in [0.25, 0.3) is 16.6 Å². The molecule has 6 heteroatoms. The fraction of sp³-hybridized carbons (Fsp3) is 0.0909. The molecule has 0 saturated carbocycles. The number of hydrogen-bond acceptors (Lipinski definition) is 2. The smallest absolute Gasteiger partial charge is 0.314 e. The molecule has 0 spiro atoms. The van der Waals surface area contributed by atoms with Gasteiger partial charge < -0.3 is 15.2 Å². The number of halogens is 1. The van der Waals surface area contributed by atoms with Gasteiger partial charge >= 0.3 is 6.03 Å². The molecule has 2 N–H and O–H groups in total. The summed E-state index contributed by atoms with van der Waals surface area (Å²) in [6, 6.07) is 16.9. The molecule has 2 aromatic heterocycles. The molecule has 0 radical (unpaired) electrons. The zero-order valence-corrected chi connectivity index (χ0v) is 16.3. The van der Waals surface area contributed by atoms with Crippen LogP contribution >= 0.6 is 11.6 Å². The summed E-state index contributed by atoms with van der Waals surface area (Å²) < 4.78 is 2.14. The normalized spacial score (nSPS) is 10.8. The highest BCUT2D eigenvalue weighted by Crippen LogP contribution is 2.29. The first-order valence-corrected chi connectivity index (χ1v) is 9.26. The number of pyridine rings is 1. The van der Waals surface area contributed by atoms with Crippen molar-refractivity contribution in [3.63, 3.8) is 0 Å². The molecule has 0 atom stereocenters. The Morgan fingerprint density at radius 1 is 1.00 bits per heavy atom. The number of urea groups is 1. The summed E-state index contributed by atoms with van der Waals surface area (Å²) in [5, 5.41) is 7.35. The van der Waals surface area contributed by atoms with Crippen molar-refractivity contribution in [1.29, 1.82) is 0 Å². The maximum absolute atomic E-state index is 12.5. The molecular formula is C22H19ClN4O. The van der Waals surface area contributed by atoms with E-state index in [0.29, 0.717) is 10.7 Å². The molecule has 2 aromatic carbocycles. The Morgan fingerprint density at radius 3 is 2.54 bits per heavy atom. The van der Waals surface area contributed by atoms with Gasteiger partial charge in [-0.25, -0.2) is 4.79 Å². The first-order valence-electron chi connectivity index (χ1n) is 8.88. The third kappa shape index (κ3) is 3.44. The van der Waals surface area contributed by atoms with Crippen molar-refractivity contribution >= 4 is 39.9 Å². The highest BCUT2D eigenvalue weighted by molar-refractivity contribution is 6.31. The molecule has 0 aliphatic heterocycles. The number of fused-ring (bicyclic) bond motifs is 1. The Kier molecular flexibility index (Phi) is 4.75. The summed E-state index contributed by atoms with van der Waals surface area (Å²) >= 11 is 6.14. The van der Waals surface area contributed by atoms with Crippen LogP contribution in [0.5, 0.6) is 0 Å². The largest absolute Gasteiger partial charge is 0.323 e. The molecule has 140 valence electrons. The minimum atomic E-state index is -0.318. The number of carbonyl (C=O) groups excluding carboxylic acids is 1. The molecular weight excluding hydrogens is 372 g/mol. The lowest BCUT2D eigenvalue weighted by Gasteiger charge is -2.11. The summed E-state index contributed by atoms with van der Waals surface area (Å²) in [6.07, 6.45) is 3.53. The van der Waals surface area contributed by atoms with E-state index >= 15 is 0 Å². The first-order chi connectivity index (χ1) is 13.5. The van der Waals surface area contributed by atoms with Crippen molar-refractivity contribution in [1.82, 2.24) is 9.55 Å². The fourth-order valence-electron chi connectivity index (χ4n) is 3.26. The van der Waals surface area contributed by atoms with Gasteiger partial charge in [-0.05, 0) is 61.9 Å². The van der Waals surface area contributed by atoms with Gasteiger partial charge in [-0.3, -0.25) is 4.98 Å². The number of aryl methyl sites for hydroxylation is 2. The van der Waals surface area contributed by atoms with Crippen molar-refractivity contribution in [3.8, 4) is 5.69 Å². The summed E-state index contributed by atoms with van der Waals surface area (Å²) in [5.41, 5.74) is 5.46. The van der Waals surface area contributed by atoms with Crippen molar-refractivity contribution in [3.05, 3.63) is 83.3 Å². The molecule has 0 bridgehead atoms. The Bertz CT molecular complexity index is 1170. The van der Waals surface area contributed by atoms with E-state index in [2.05, 4.69) is 26.3 Å². The third-order valence-corrected chi connectivity index (χ3v) is 5.04. The molecule has 5 nitrogen and oxygen atoms in total. The van der Waals surface area contributed by atoms with E-state index in [1.54, 1.807) is 18.5 Å². The van der Waals surface area contributed by atoms with Crippen molar-refractivity contribution in [2.75, 3.05) is 10.6 Å².